The number of imidazole rings is 2. The van der Waals surface area contributed by atoms with E-state index in [0.717, 1.165) is 94.6 Å². The summed E-state index contributed by atoms with van der Waals surface area (Å²) in [5, 5.41) is 7.64. The summed E-state index contributed by atoms with van der Waals surface area (Å²) in [4.78, 5) is 78.9. The van der Waals surface area contributed by atoms with E-state index in [4.69, 9.17) is 29.2 Å². The van der Waals surface area contributed by atoms with Crippen LogP contribution < -0.4 is 10.6 Å². The fourth-order valence-corrected chi connectivity index (χ4v) is 10.3. The molecule has 3 aromatic heterocycles. The average Bonchev–Trinajstić information content (AvgIpc) is 4.22. The van der Waals surface area contributed by atoms with Crippen molar-refractivity contribution in [1.82, 2.24) is 45.4 Å². The van der Waals surface area contributed by atoms with E-state index in [1.54, 1.807) is 0 Å². The number of H-pyrrole nitrogens is 2. The van der Waals surface area contributed by atoms with Gasteiger partial charge in [0.2, 0.25) is 5.91 Å². The van der Waals surface area contributed by atoms with Crippen molar-refractivity contribution in [3.05, 3.63) is 114 Å². The number of methoxy groups -OCH3 is 1. The van der Waals surface area contributed by atoms with E-state index in [-0.39, 0.29) is 35.9 Å². The molecule has 1 aliphatic carbocycles. The van der Waals surface area contributed by atoms with E-state index in [2.05, 4.69) is 63.1 Å². The molecule has 68 heavy (non-hydrogen) atoms. The van der Waals surface area contributed by atoms with Gasteiger partial charge in [-0.1, -0.05) is 68.4 Å². The van der Waals surface area contributed by atoms with Crippen LogP contribution in [-0.2, 0) is 36.6 Å². The van der Waals surface area contributed by atoms with Crippen molar-refractivity contribution in [1.29, 1.82) is 0 Å². The Morgan fingerprint density at radius 2 is 1.50 bits per heavy atom. The molecule has 16 heteroatoms. The molecule has 4 amide bonds. The highest BCUT2D eigenvalue weighted by Crippen LogP contribution is 2.40. The molecule has 10 rings (SSSR count). The van der Waals surface area contributed by atoms with E-state index in [9.17, 15) is 19.2 Å². The Morgan fingerprint density at radius 3 is 2.26 bits per heavy atom. The Morgan fingerprint density at radius 1 is 0.750 bits per heavy atom. The Balaban J connectivity index is 0.828. The smallest absolute Gasteiger partial charge is 0.408 e. The summed E-state index contributed by atoms with van der Waals surface area (Å²) in [6.45, 7) is 6.06. The average molecular weight is 920 g/mol. The summed E-state index contributed by atoms with van der Waals surface area (Å²) >= 11 is 0. The number of rotatable bonds is 11. The molecule has 0 bridgehead atoms. The van der Waals surface area contributed by atoms with E-state index >= 15 is 0 Å². The molecule has 4 aliphatic rings. The van der Waals surface area contributed by atoms with Crippen molar-refractivity contribution in [2.45, 2.75) is 95.5 Å². The number of fused-ring (bicyclic) bond motifs is 4. The van der Waals surface area contributed by atoms with Gasteiger partial charge in [-0.15, -0.1) is 0 Å². The highest BCUT2D eigenvalue weighted by Gasteiger charge is 2.40. The fraction of sp³-hybridized carbons (Fsp3) is 0.404. The zero-order valence-corrected chi connectivity index (χ0v) is 38.6. The number of nitrogens with zero attached hydrogens (tertiary/aromatic N) is 5. The number of carbonyl (C=O) groups is 4. The van der Waals surface area contributed by atoms with E-state index in [1.165, 1.54) is 12.7 Å². The summed E-state index contributed by atoms with van der Waals surface area (Å²) in [7, 11) is 1.30. The molecule has 352 valence electrons. The summed E-state index contributed by atoms with van der Waals surface area (Å²) < 4.78 is 15.9. The first-order valence-corrected chi connectivity index (χ1v) is 23.8. The molecule has 3 fully saturated rings. The van der Waals surface area contributed by atoms with Gasteiger partial charge in [0.25, 0.3) is 5.91 Å². The summed E-state index contributed by atoms with van der Waals surface area (Å²) in [6, 6.07) is 22.1. The standard InChI is InChI=1S/C52H57N9O7/c1-30(2)44(58-51(64)66-3)49(62)61-22-8-12-43(61)48-55-39-18-16-33-25-34(15-17-38(33)46(39)57-48)40-27-32-13-14-35(26-36(32)28-53-40)41-29-54-47(56-41)42-11-7-21-60(42)50(63)45(31-9-5-4-6-10-31)59-52(65)68-37-19-23-67-24-20-37/h4-6,9-10,13-15,17,25-30,37,42-45H,7-8,11-12,16,18-24H2,1-3H3,(H,54,56)(H,55,57)(H,58,64)(H,59,65)/t42-,43-,44-,45+/m0/s1. The van der Waals surface area contributed by atoms with Gasteiger partial charge in [0.05, 0.1) is 61.4 Å². The number of likely N-dealkylation sites (tertiary alicyclic amines) is 2. The van der Waals surface area contributed by atoms with Crippen molar-refractivity contribution in [3.63, 3.8) is 0 Å². The molecule has 6 aromatic rings. The van der Waals surface area contributed by atoms with Crippen LogP contribution in [0.25, 0.3) is 44.5 Å². The minimum absolute atomic E-state index is 0.109. The minimum Gasteiger partial charge on any atom is -0.453 e. The molecule has 3 aliphatic heterocycles. The van der Waals surface area contributed by atoms with Crippen molar-refractivity contribution < 1.29 is 33.4 Å². The maximum absolute atomic E-state index is 14.3. The number of hydrogen-bond donors (Lipinski definition) is 4. The van der Waals surface area contributed by atoms with Gasteiger partial charge in [0.15, 0.2) is 0 Å². The zero-order valence-electron chi connectivity index (χ0n) is 38.6. The Kier molecular flexibility index (Phi) is 12.7. The minimum atomic E-state index is -0.910. The lowest BCUT2D eigenvalue weighted by Gasteiger charge is -2.30. The summed E-state index contributed by atoms with van der Waals surface area (Å²) in [5.74, 6) is 1.03. The molecule has 16 nitrogen and oxygen atoms in total. The van der Waals surface area contributed by atoms with Gasteiger partial charge in [-0.3, -0.25) is 14.6 Å². The second kappa shape index (κ2) is 19.3. The first-order valence-electron chi connectivity index (χ1n) is 23.8. The van der Waals surface area contributed by atoms with Crippen LogP contribution in [0.2, 0.25) is 0 Å². The second-order valence-electron chi connectivity index (χ2n) is 18.6. The van der Waals surface area contributed by atoms with Crippen molar-refractivity contribution >= 4 is 34.8 Å². The predicted octanol–water partition coefficient (Wildman–Crippen LogP) is 8.13. The summed E-state index contributed by atoms with van der Waals surface area (Å²) in [5.41, 5.74) is 8.67. The van der Waals surface area contributed by atoms with Gasteiger partial charge in [-0.2, -0.15) is 0 Å². The number of hydrogen-bond acceptors (Lipinski definition) is 10. The number of nitrogens with one attached hydrogen (secondary N) is 4. The van der Waals surface area contributed by atoms with Gasteiger partial charge in [0, 0.05) is 54.2 Å². The molecule has 6 heterocycles. The highest BCUT2D eigenvalue weighted by molar-refractivity contribution is 5.90. The quantitative estimate of drug-likeness (QED) is 0.0985. The first-order chi connectivity index (χ1) is 33.1. The molecule has 4 atom stereocenters. The fourth-order valence-electron chi connectivity index (χ4n) is 10.3. The SMILES string of the molecule is COC(=O)N[C@H](C(=O)N1CCC[C@H]1c1nc2c([nH]1)-c1ccc(-c3cc4ccc(-c5cnc([C@@H]6CCCN6C(=O)[C@H](NC(=O)OC6CCOCC6)c6ccccc6)[nH]5)cc4cn3)cc1CC2)C(C)C. The van der Waals surface area contributed by atoms with Crippen LogP contribution in [0.15, 0.2) is 85.2 Å². The van der Waals surface area contributed by atoms with Crippen LogP contribution in [-0.4, -0.2) is 104 Å². The third-order valence-electron chi connectivity index (χ3n) is 13.9. The number of pyridine rings is 1. The molecule has 0 saturated carbocycles. The molecule has 0 unspecified atom stereocenters. The lowest BCUT2D eigenvalue weighted by atomic mass is 9.90. The molecule has 0 spiro atoms. The molecule has 4 N–H and O–H groups in total. The first kappa shape index (κ1) is 44.7. The number of amides is 4. The number of carbonyl (C=O) groups excluding carboxylic acids is 4. The number of ether oxygens (including phenoxy) is 3. The number of aryl methyl sites for hydroxylation is 2. The maximum atomic E-state index is 14.3. The van der Waals surface area contributed by atoms with Gasteiger partial charge in [-0.05, 0) is 79.2 Å². The summed E-state index contributed by atoms with van der Waals surface area (Å²) in [6.07, 6.45) is 8.29. The number of aromatic amines is 2. The number of aromatic nitrogens is 5. The van der Waals surface area contributed by atoms with Crippen LogP contribution in [0.1, 0.15) is 99.0 Å². The molecule has 0 radical (unpaired) electrons. The van der Waals surface area contributed by atoms with Crippen molar-refractivity contribution in [2.75, 3.05) is 33.4 Å². The van der Waals surface area contributed by atoms with Gasteiger partial charge >= 0.3 is 12.2 Å². The van der Waals surface area contributed by atoms with E-state index < -0.39 is 24.3 Å². The van der Waals surface area contributed by atoms with Gasteiger partial charge in [0.1, 0.15) is 29.8 Å². The van der Waals surface area contributed by atoms with Crippen molar-refractivity contribution in [3.8, 4) is 33.8 Å². The van der Waals surface area contributed by atoms with Crippen LogP contribution in [0.4, 0.5) is 9.59 Å². The third kappa shape index (κ3) is 9.04. The highest BCUT2D eigenvalue weighted by atomic mass is 16.6. The predicted molar refractivity (Wildman–Crippen MR) is 254 cm³/mol. The molecular weight excluding hydrogens is 863 g/mol. The topological polar surface area (TPSA) is 197 Å². The van der Waals surface area contributed by atoms with Crippen molar-refractivity contribution in [2.24, 2.45) is 5.92 Å². The van der Waals surface area contributed by atoms with Crippen LogP contribution >= 0.6 is 0 Å². The Hall–Kier alpha value is -7.07. The second-order valence-corrected chi connectivity index (χ2v) is 18.6. The Bertz CT molecular complexity index is 2840. The van der Waals surface area contributed by atoms with Crippen LogP contribution in [0.3, 0.4) is 0 Å². The van der Waals surface area contributed by atoms with Gasteiger partial charge in [-0.25, -0.2) is 19.6 Å². The van der Waals surface area contributed by atoms with Crippen LogP contribution in [0, 0.1) is 5.92 Å². The largest absolute Gasteiger partial charge is 0.453 e. The molecule has 3 aromatic carbocycles. The van der Waals surface area contributed by atoms with Crippen LogP contribution in [0.5, 0.6) is 0 Å². The number of alkyl carbamates (subject to hydrolysis) is 2. The lowest BCUT2D eigenvalue weighted by Crippen LogP contribution is -2.51. The normalized spacial score (nSPS) is 19.1. The molecular formula is C52H57N9O7. The monoisotopic (exact) mass is 919 g/mol. The van der Waals surface area contributed by atoms with Gasteiger partial charge < -0.3 is 44.6 Å². The third-order valence-corrected chi connectivity index (χ3v) is 13.9. The van der Waals surface area contributed by atoms with E-state index in [0.29, 0.717) is 50.5 Å². The number of benzene rings is 3. The lowest BCUT2D eigenvalue weighted by molar-refractivity contribution is -0.136. The zero-order chi connectivity index (χ0) is 46.9. The van der Waals surface area contributed by atoms with E-state index in [1.807, 2.05) is 66.4 Å². The maximum Gasteiger partial charge on any atom is 0.408 e. The molecule has 3 saturated heterocycles. The Labute approximate surface area is 394 Å².